The molecule has 0 fully saturated rings. The monoisotopic (exact) mass is 486 g/mol. The number of nitrogens with zero attached hydrogens (tertiary/aromatic N) is 2. The molecule has 0 N–H and O–H groups in total. The van der Waals surface area contributed by atoms with Gasteiger partial charge in [-0.15, -0.1) is 0 Å². The van der Waals surface area contributed by atoms with Crippen LogP contribution in [0.5, 0.6) is 0 Å². The van der Waals surface area contributed by atoms with Crippen LogP contribution in [0.15, 0.2) is 84.9 Å². The van der Waals surface area contributed by atoms with Crippen LogP contribution in [0.25, 0.3) is 22.3 Å². The van der Waals surface area contributed by atoms with Gasteiger partial charge < -0.3 is 0 Å². The molecule has 0 saturated carbocycles. The van der Waals surface area contributed by atoms with Crippen LogP contribution in [0.3, 0.4) is 0 Å². The lowest BCUT2D eigenvalue weighted by Crippen LogP contribution is -2.27. The number of rotatable bonds is 8. The molecule has 0 bridgehead atoms. The lowest BCUT2D eigenvalue weighted by molar-refractivity contribution is 0.296. The summed E-state index contributed by atoms with van der Waals surface area (Å²) in [6, 6.07) is 32.5. The summed E-state index contributed by atoms with van der Waals surface area (Å²) in [7, 11) is 0. The average Bonchev–Trinajstić information content (AvgIpc) is 3.43. The van der Waals surface area contributed by atoms with E-state index in [1.165, 1.54) is 55.6 Å². The first kappa shape index (κ1) is 24.2. The lowest BCUT2D eigenvalue weighted by atomic mass is 9.70. The molecule has 37 heavy (non-hydrogen) atoms. The van der Waals surface area contributed by atoms with Crippen LogP contribution in [-0.2, 0) is 18.5 Å². The molecule has 0 saturated heterocycles. The molecule has 2 nitrogen and oxygen atoms in total. The largest absolute Gasteiger partial charge is 0.300 e. The molecule has 4 aromatic rings. The Morgan fingerprint density at radius 3 is 1.24 bits per heavy atom. The van der Waals surface area contributed by atoms with E-state index < -0.39 is 0 Å². The Bertz CT molecular complexity index is 1330. The minimum Gasteiger partial charge on any atom is -0.300 e. The van der Waals surface area contributed by atoms with Gasteiger partial charge in [-0.3, -0.25) is 9.80 Å². The molecule has 1 spiro atoms. The molecule has 2 heteroatoms. The van der Waals surface area contributed by atoms with Crippen molar-refractivity contribution in [2.24, 2.45) is 0 Å². The van der Waals surface area contributed by atoms with Gasteiger partial charge in [0.05, 0.1) is 5.41 Å². The van der Waals surface area contributed by atoms with Crippen molar-refractivity contribution in [3.63, 3.8) is 0 Å². The standard InChI is InChI=1S/C35H38N2/c1-5-36(6-2)23-25-15-13-21-31-33(25)27-17-9-11-19-29(27)35(31)30-20-12-10-18-28(30)34-26(16-14-22-32(34)35)24-37(7-3)8-4/h9-22H,5-8,23-24H2,1-4H3. The highest BCUT2D eigenvalue weighted by molar-refractivity contribution is 5.96. The van der Waals surface area contributed by atoms with Gasteiger partial charge in [-0.1, -0.05) is 113 Å². The molecule has 0 aliphatic heterocycles. The van der Waals surface area contributed by atoms with Crippen molar-refractivity contribution in [2.45, 2.75) is 46.2 Å². The summed E-state index contributed by atoms with van der Waals surface area (Å²) in [5, 5.41) is 0. The normalized spacial score (nSPS) is 14.2. The minimum atomic E-state index is -0.267. The smallest absolute Gasteiger partial charge is 0.0725 e. The topological polar surface area (TPSA) is 6.48 Å². The Morgan fingerprint density at radius 2 is 0.838 bits per heavy atom. The van der Waals surface area contributed by atoms with Crippen LogP contribution in [0.2, 0.25) is 0 Å². The molecule has 0 unspecified atom stereocenters. The molecule has 2 aliphatic carbocycles. The molecule has 6 rings (SSSR count). The molecule has 188 valence electrons. The van der Waals surface area contributed by atoms with E-state index in [2.05, 4.69) is 122 Å². The Morgan fingerprint density at radius 1 is 0.459 bits per heavy atom. The fourth-order valence-electron chi connectivity index (χ4n) is 7.03. The highest BCUT2D eigenvalue weighted by Crippen LogP contribution is 2.63. The van der Waals surface area contributed by atoms with Crippen LogP contribution >= 0.6 is 0 Å². The Hall–Kier alpha value is -3.20. The molecule has 2 aliphatic rings. The second kappa shape index (κ2) is 9.59. The second-order valence-corrected chi connectivity index (χ2v) is 10.4. The van der Waals surface area contributed by atoms with Crippen LogP contribution in [-0.4, -0.2) is 36.0 Å². The fraction of sp³-hybridized carbons (Fsp3) is 0.314. The average molecular weight is 487 g/mol. The van der Waals surface area contributed by atoms with E-state index in [1.807, 2.05) is 0 Å². The van der Waals surface area contributed by atoms with Crippen molar-refractivity contribution in [3.05, 3.63) is 118 Å². The predicted molar refractivity (Wildman–Crippen MR) is 156 cm³/mol. The number of hydrogen-bond donors (Lipinski definition) is 0. The van der Waals surface area contributed by atoms with E-state index in [0.717, 1.165) is 39.3 Å². The van der Waals surface area contributed by atoms with Crippen molar-refractivity contribution in [2.75, 3.05) is 26.2 Å². The number of hydrogen-bond acceptors (Lipinski definition) is 2. The lowest BCUT2D eigenvalue weighted by Gasteiger charge is -2.31. The first-order chi connectivity index (χ1) is 18.2. The molecular formula is C35H38N2. The molecule has 0 aromatic heterocycles. The maximum atomic E-state index is 2.53. The third-order valence-electron chi connectivity index (χ3n) is 8.89. The van der Waals surface area contributed by atoms with Gasteiger partial charge in [0, 0.05) is 13.1 Å². The summed E-state index contributed by atoms with van der Waals surface area (Å²) in [4.78, 5) is 5.06. The maximum Gasteiger partial charge on any atom is 0.0725 e. The number of fused-ring (bicyclic) bond motifs is 10. The van der Waals surface area contributed by atoms with Gasteiger partial charge in [-0.2, -0.15) is 0 Å². The summed E-state index contributed by atoms with van der Waals surface area (Å²) in [5.74, 6) is 0. The Kier molecular flexibility index (Phi) is 6.26. The van der Waals surface area contributed by atoms with Crippen LogP contribution in [0.1, 0.15) is 61.1 Å². The quantitative estimate of drug-likeness (QED) is 0.217. The zero-order valence-electron chi connectivity index (χ0n) is 22.7. The Labute approximate surface area is 222 Å². The summed E-state index contributed by atoms with van der Waals surface area (Å²) >= 11 is 0. The molecule has 4 aromatic carbocycles. The highest BCUT2D eigenvalue weighted by Gasteiger charge is 2.52. The summed E-state index contributed by atoms with van der Waals surface area (Å²) in [5.41, 5.74) is 14.1. The van der Waals surface area contributed by atoms with Gasteiger partial charge in [0.1, 0.15) is 0 Å². The van der Waals surface area contributed by atoms with E-state index in [1.54, 1.807) is 0 Å². The maximum absolute atomic E-state index is 2.53. The van der Waals surface area contributed by atoms with Gasteiger partial charge in [-0.05, 0) is 81.8 Å². The van der Waals surface area contributed by atoms with Crippen molar-refractivity contribution in [3.8, 4) is 22.3 Å². The van der Waals surface area contributed by atoms with E-state index in [-0.39, 0.29) is 5.41 Å². The number of benzene rings is 4. The summed E-state index contributed by atoms with van der Waals surface area (Å²) < 4.78 is 0. The predicted octanol–water partition coefficient (Wildman–Crippen LogP) is 7.71. The van der Waals surface area contributed by atoms with Crippen molar-refractivity contribution in [1.29, 1.82) is 0 Å². The van der Waals surface area contributed by atoms with Gasteiger partial charge in [0.2, 0.25) is 0 Å². The Balaban J connectivity index is 1.67. The molecule has 0 amide bonds. The third kappa shape index (κ3) is 3.46. The van der Waals surface area contributed by atoms with Gasteiger partial charge in [0.15, 0.2) is 0 Å². The van der Waals surface area contributed by atoms with Crippen molar-refractivity contribution >= 4 is 0 Å². The van der Waals surface area contributed by atoms with Crippen LogP contribution in [0.4, 0.5) is 0 Å². The van der Waals surface area contributed by atoms with Gasteiger partial charge in [-0.25, -0.2) is 0 Å². The van der Waals surface area contributed by atoms with Crippen LogP contribution in [0, 0.1) is 0 Å². The molecule has 0 atom stereocenters. The minimum absolute atomic E-state index is 0.267. The highest BCUT2D eigenvalue weighted by atomic mass is 15.1. The van der Waals surface area contributed by atoms with E-state index >= 15 is 0 Å². The fourth-order valence-corrected chi connectivity index (χ4v) is 7.03. The molecule has 0 heterocycles. The van der Waals surface area contributed by atoms with Gasteiger partial charge in [0.25, 0.3) is 0 Å². The van der Waals surface area contributed by atoms with E-state index in [0.29, 0.717) is 0 Å². The summed E-state index contributed by atoms with van der Waals surface area (Å²) in [6.07, 6.45) is 0. The first-order valence-electron chi connectivity index (χ1n) is 14.1. The second-order valence-electron chi connectivity index (χ2n) is 10.4. The van der Waals surface area contributed by atoms with E-state index in [4.69, 9.17) is 0 Å². The van der Waals surface area contributed by atoms with Gasteiger partial charge >= 0.3 is 0 Å². The third-order valence-corrected chi connectivity index (χ3v) is 8.89. The summed E-state index contributed by atoms with van der Waals surface area (Å²) in [6.45, 7) is 15.3. The zero-order chi connectivity index (χ0) is 25.6. The van der Waals surface area contributed by atoms with E-state index in [9.17, 15) is 0 Å². The molecule has 0 radical (unpaired) electrons. The molecular weight excluding hydrogens is 448 g/mol. The SMILES string of the molecule is CCN(CC)Cc1cccc2c1-c1ccccc1C21c2ccccc2-c2c(CN(CC)CC)cccc21. The first-order valence-corrected chi connectivity index (χ1v) is 14.1. The zero-order valence-corrected chi connectivity index (χ0v) is 22.7. The van der Waals surface area contributed by atoms with Crippen LogP contribution < -0.4 is 0 Å². The van der Waals surface area contributed by atoms with Crippen molar-refractivity contribution in [1.82, 2.24) is 9.80 Å². The van der Waals surface area contributed by atoms with Crippen molar-refractivity contribution < 1.29 is 0 Å².